The van der Waals surface area contributed by atoms with Crippen molar-refractivity contribution < 1.29 is 14.2 Å². The molecule has 9 heteroatoms. The van der Waals surface area contributed by atoms with Crippen molar-refractivity contribution in [2.75, 3.05) is 39.2 Å². The zero-order valence-electron chi connectivity index (χ0n) is 20.6. The van der Waals surface area contributed by atoms with Gasteiger partial charge in [0.25, 0.3) is 0 Å². The molecule has 2 aromatic carbocycles. The Labute approximate surface area is 216 Å². The zero-order valence-corrected chi connectivity index (χ0v) is 21.4. The van der Waals surface area contributed by atoms with Crippen LogP contribution >= 0.6 is 11.6 Å². The molecule has 0 spiro atoms. The minimum atomic E-state index is -0.0458. The Morgan fingerprint density at radius 1 is 1.03 bits per heavy atom. The first-order valence-electron chi connectivity index (χ1n) is 11.7. The van der Waals surface area contributed by atoms with Gasteiger partial charge in [0.15, 0.2) is 0 Å². The highest BCUT2D eigenvalue weighted by Gasteiger charge is 2.15. The summed E-state index contributed by atoms with van der Waals surface area (Å²) >= 11 is 6.51. The lowest BCUT2D eigenvalue weighted by Gasteiger charge is -2.23. The van der Waals surface area contributed by atoms with E-state index in [1.165, 1.54) is 6.33 Å². The molecule has 0 saturated heterocycles. The van der Waals surface area contributed by atoms with Gasteiger partial charge in [-0.3, -0.25) is 4.98 Å². The summed E-state index contributed by atoms with van der Waals surface area (Å²) in [5.74, 6) is 1.93. The van der Waals surface area contributed by atoms with Gasteiger partial charge in [-0.05, 0) is 56.4 Å². The summed E-state index contributed by atoms with van der Waals surface area (Å²) in [6.07, 6.45) is 3.22. The number of fused-ring (bicyclic) bond motifs is 1. The summed E-state index contributed by atoms with van der Waals surface area (Å²) in [7, 11) is 3.75. The van der Waals surface area contributed by atoms with E-state index in [0.717, 1.165) is 35.4 Å². The van der Waals surface area contributed by atoms with Crippen molar-refractivity contribution in [2.24, 2.45) is 0 Å². The Balaban J connectivity index is 1.50. The van der Waals surface area contributed by atoms with E-state index in [1.807, 2.05) is 62.5 Å². The van der Waals surface area contributed by atoms with Crippen LogP contribution in [0, 0.1) is 0 Å². The number of hydrogen-bond acceptors (Lipinski definition) is 8. The van der Waals surface area contributed by atoms with Crippen molar-refractivity contribution in [1.82, 2.24) is 19.9 Å². The van der Waals surface area contributed by atoms with Gasteiger partial charge in [-0.25, -0.2) is 9.97 Å². The van der Waals surface area contributed by atoms with Gasteiger partial charge in [-0.15, -0.1) is 0 Å². The highest BCUT2D eigenvalue weighted by atomic mass is 35.5. The molecule has 0 aliphatic heterocycles. The zero-order chi connectivity index (χ0) is 25.3. The topological polar surface area (TPSA) is 81.6 Å². The average Bonchev–Trinajstić information content (AvgIpc) is 2.88. The molecule has 1 atom stereocenters. The normalized spacial score (nSPS) is 12.0. The van der Waals surface area contributed by atoms with Gasteiger partial charge < -0.3 is 24.4 Å². The van der Waals surface area contributed by atoms with Crippen molar-refractivity contribution >= 4 is 34.0 Å². The van der Waals surface area contributed by atoms with Gasteiger partial charge in [0.05, 0.1) is 28.2 Å². The van der Waals surface area contributed by atoms with Gasteiger partial charge in [0.2, 0.25) is 0 Å². The minimum absolute atomic E-state index is 0.0458. The van der Waals surface area contributed by atoms with Crippen LogP contribution in [0.15, 0.2) is 67.1 Å². The number of pyridine rings is 1. The summed E-state index contributed by atoms with van der Waals surface area (Å²) in [6, 6.07) is 17.0. The van der Waals surface area contributed by atoms with Gasteiger partial charge in [-0.2, -0.15) is 0 Å². The smallest absolute Gasteiger partial charge is 0.145 e. The number of anilines is 2. The number of rotatable bonds is 12. The summed E-state index contributed by atoms with van der Waals surface area (Å²) in [6.45, 7) is 4.64. The molecule has 36 heavy (non-hydrogen) atoms. The quantitative estimate of drug-likeness (QED) is 0.275. The first-order chi connectivity index (χ1) is 17.5. The second kappa shape index (κ2) is 12.5. The van der Waals surface area contributed by atoms with E-state index in [1.54, 1.807) is 19.4 Å². The van der Waals surface area contributed by atoms with E-state index in [-0.39, 0.29) is 6.10 Å². The Kier molecular flexibility index (Phi) is 8.89. The second-order valence-electron chi connectivity index (χ2n) is 8.44. The van der Waals surface area contributed by atoms with Crippen molar-refractivity contribution in [3.05, 3.63) is 77.8 Å². The van der Waals surface area contributed by atoms with Crippen LogP contribution in [0.1, 0.15) is 12.6 Å². The molecule has 1 N–H and O–H groups in total. The fraction of sp³-hybridized carbons (Fsp3) is 0.296. The molecule has 0 amide bonds. The highest BCUT2D eigenvalue weighted by Crippen LogP contribution is 2.34. The van der Waals surface area contributed by atoms with E-state index in [2.05, 4.69) is 25.2 Å². The maximum atomic E-state index is 6.51. The van der Waals surface area contributed by atoms with Crippen LogP contribution in [-0.4, -0.2) is 59.8 Å². The van der Waals surface area contributed by atoms with E-state index in [9.17, 15) is 0 Å². The second-order valence-corrected chi connectivity index (χ2v) is 8.84. The molecular formula is C27H30ClN5O3. The summed E-state index contributed by atoms with van der Waals surface area (Å²) < 4.78 is 17.3. The Morgan fingerprint density at radius 2 is 1.92 bits per heavy atom. The standard InChI is InChI=1S/C27H30ClN5O3/c1-19(16-33(2)13-14-34-3)36-25-9-6-8-23-26(25)27(31-18-30-23)32-20-10-11-24(22(28)15-20)35-17-21-7-4-5-12-29-21/h4-12,15,18-19H,13-14,16-17H2,1-3H3,(H,30,31,32)/t19-/m1/s1. The van der Waals surface area contributed by atoms with Crippen molar-refractivity contribution in [2.45, 2.75) is 19.6 Å². The third-order valence-electron chi connectivity index (χ3n) is 5.50. The molecular weight excluding hydrogens is 478 g/mol. The third-order valence-corrected chi connectivity index (χ3v) is 5.79. The van der Waals surface area contributed by atoms with Gasteiger partial charge in [0, 0.05) is 32.1 Å². The number of nitrogens with zero attached hydrogens (tertiary/aromatic N) is 4. The molecule has 8 nitrogen and oxygen atoms in total. The Bertz CT molecular complexity index is 1270. The molecule has 0 radical (unpaired) electrons. The predicted octanol–water partition coefficient (Wildman–Crippen LogP) is 5.35. The number of halogens is 1. The molecule has 188 valence electrons. The van der Waals surface area contributed by atoms with Crippen molar-refractivity contribution in [3.8, 4) is 11.5 Å². The number of hydrogen-bond donors (Lipinski definition) is 1. The van der Waals surface area contributed by atoms with Gasteiger partial charge in [0.1, 0.15) is 36.4 Å². The first kappa shape index (κ1) is 25.6. The summed E-state index contributed by atoms with van der Waals surface area (Å²) in [5, 5.41) is 4.65. The number of likely N-dealkylation sites (N-methyl/N-ethyl adjacent to an activating group) is 1. The predicted molar refractivity (Wildman–Crippen MR) is 142 cm³/mol. The molecule has 2 heterocycles. The molecule has 0 fully saturated rings. The van der Waals surface area contributed by atoms with E-state index >= 15 is 0 Å². The molecule has 0 unspecified atom stereocenters. The third kappa shape index (κ3) is 6.81. The Morgan fingerprint density at radius 3 is 2.69 bits per heavy atom. The molecule has 0 aliphatic rings. The largest absolute Gasteiger partial charge is 0.489 e. The number of nitrogens with one attached hydrogen (secondary N) is 1. The molecule has 4 aromatic rings. The Hall–Kier alpha value is -3.46. The van der Waals surface area contributed by atoms with E-state index < -0.39 is 0 Å². The summed E-state index contributed by atoms with van der Waals surface area (Å²) in [4.78, 5) is 15.4. The fourth-order valence-electron chi connectivity index (χ4n) is 3.77. The lowest BCUT2D eigenvalue weighted by atomic mass is 10.2. The van der Waals surface area contributed by atoms with E-state index in [0.29, 0.717) is 35.6 Å². The van der Waals surface area contributed by atoms with Gasteiger partial charge >= 0.3 is 0 Å². The number of ether oxygens (including phenoxy) is 3. The fourth-order valence-corrected chi connectivity index (χ4v) is 4.01. The number of methoxy groups -OCH3 is 1. The average molecular weight is 508 g/mol. The first-order valence-corrected chi connectivity index (χ1v) is 12.1. The lowest BCUT2D eigenvalue weighted by molar-refractivity contribution is 0.125. The van der Waals surface area contributed by atoms with Crippen LogP contribution in [0.5, 0.6) is 11.5 Å². The van der Waals surface area contributed by atoms with Crippen LogP contribution in [-0.2, 0) is 11.3 Å². The SMILES string of the molecule is COCCN(C)C[C@@H](C)Oc1cccc2ncnc(Nc3ccc(OCc4ccccn4)c(Cl)c3)c12. The van der Waals surface area contributed by atoms with Crippen molar-refractivity contribution in [3.63, 3.8) is 0 Å². The van der Waals surface area contributed by atoms with Gasteiger partial charge in [-0.1, -0.05) is 23.7 Å². The van der Waals surface area contributed by atoms with Crippen molar-refractivity contribution in [1.29, 1.82) is 0 Å². The molecule has 0 aliphatic carbocycles. The number of aromatic nitrogens is 3. The maximum Gasteiger partial charge on any atom is 0.145 e. The molecule has 0 saturated carbocycles. The summed E-state index contributed by atoms with van der Waals surface area (Å²) in [5.41, 5.74) is 2.38. The monoisotopic (exact) mass is 507 g/mol. The minimum Gasteiger partial charge on any atom is -0.489 e. The highest BCUT2D eigenvalue weighted by molar-refractivity contribution is 6.32. The molecule has 4 rings (SSSR count). The van der Waals surface area contributed by atoms with Crippen LogP contribution in [0.25, 0.3) is 10.9 Å². The van der Waals surface area contributed by atoms with Crippen LogP contribution in [0.4, 0.5) is 11.5 Å². The van der Waals surface area contributed by atoms with Crippen LogP contribution in [0.2, 0.25) is 5.02 Å². The maximum absolute atomic E-state index is 6.51. The molecule has 0 bridgehead atoms. The lowest BCUT2D eigenvalue weighted by Crippen LogP contribution is -2.33. The number of benzene rings is 2. The molecule has 2 aromatic heterocycles. The van der Waals surface area contributed by atoms with Crippen LogP contribution in [0.3, 0.4) is 0 Å². The van der Waals surface area contributed by atoms with E-state index in [4.69, 9.17) is 25.8 Å². The van der Waals surface area contributed by atoms with Crippen LogP contribution < -0.4 is 14.8 Å².